The van der Waals surface area contributed by atoms with E-state index in [4.69, 9.17) is 20.9 Å². The van der Waals surface area contributed by atoms with Crippen LogP contribution in [0.25, 0.3) is 10.9 Å². The van der Waals surface area contributed by atoms with Crippen LogP contribution in [-0.4, -0.2) is 11.6 Å². The molecular weight excluding hydrogens is 313 g/mol. The first-order valence-corrected chi connectivity index (χ1v) is 9.70. The Hall–Kier alpha value is -1.74. The minimum atomic E-state index is -2.60. The summed E-state index contributed by atoms with van der Waals surface area (Å²) in [7, 11) is 0. The first-order chi connectivity index (χ1) is 10.7. The number of para-hydroxylation sites is 1. The van der Waals surface area contributed by atoms with E-state index >= 15 is 0 Å². The predicted molar refractivity (Wildman–Crippen MR) is 94.4 cm³/mol. The van der Waals surface area contributed by atoms with Gasteiger partial charge in [0.05, 0.1) is 6.61 Å². The standard InChI is InChI=1S/C17H16NO2PS/c1-2-19-21(22,15-10-4-3-5-11-15)20-16-12-6-8-14-9-7-13-18-17(14)16/h3-13H,2H2,1H3/t21-/m0/s1. The van der Waals surface area contributed by atoms with E-state index in [1.54, 1.807) is 6.20 Å². The van der Waals surface area contributed by atoms with Crippen LogP contribution in [0.4, 0.5) is 0 Å². The number of aromatic nitrogens is 1. The zero-order valence-corrected chi connectivity index (χ0v) is 13.9. The van der Waals surface area contributed by atoms with Crippen molar-refractivity contribution in [3.63, 3.8) is 0 Å². The minimum Gasteiger partial charge on any atom is -0.438 e. The molecule has 0 aliphatic heterocycles. The molecule has 0 unspecified atom stereocenters. The largest absolute Gasteiger partial charge is 0.438 e. The number of rotatable bonds is 5. The summed E-state index contributed by atoms with van der Waals surface area (Å²) in [4.78, 5) is 4.41. The summed E-state index contributed by atoms with van der Waals surface area (Å²) in [6, 6.07) is 19.5. The van der Waals surface area contributed by atoms with Gasteiger partial charge in [0.1, 0.15) is 5.52 Å². The lowest BCUT2D eigenvalue weighted by molar-refractivity contribution is 0.339. The molecule has 0 spiro atoms. The van der Waals surface area contributed by atoms with Crippen LogP contribution in [0.1, 0.15) is 6.92 Å². The average molecular weight is 329 g/mol. The number of fused-ring (bicyclic) bond motifs is 1. The number of nitrogens with zero attached hydrogens (tertiary/aromatic N) is 1. The highest BCUT2D eigenvalue weighted by Gasteiger charge is 2.24. The Kier molecular flexibility index (Phi) is 4.53. The smallest absolute Gasteiger partial charge is 0.269 e. The topological polar surface area (TPSA) is 31.4 Å². The lowest BCUT2D eigenvalue weighted by Crippen LogP contribution is -2.12. The molecule has 0 saturated carbocycles. The van der Waals surface area contributed by atoms with Crippen LogP contribution >= 0.6 is 6.49 Å². The van der Waals surface area contributed by atoms with E-state index in [1.807, 2.05) is 67.6 Å². The first-order valence-electron chi connectivity index (χ1n) is 7.06. The number of pyridine rings is 1. The Morgan fingerprint density at radius 2 is 1.77 bits per heavy atom. The van der Waals surface area contributed by atoms with E-state index in [1.165, 1.54) is 0 Å². The predicted octanol–water partition coefficient (Wildman–Crippen LogP) is 4.29. The number of benzene rings is 2. The molecule has 0 aliphatic rings. The van der Waals surface area contributed by atoms with Gasteiger partial charge in [-0.2, -0.15) is 0 Å². The lowest BCUT2D eigenvalue weighted by Gasteiger charge is -2.23. The molecule has 1 heterocycles. The molecule has 2 aromatic carbocycles. The molecule has 3 rings (SSSR count). The van der Waals surface area contributed by atoms with Gasteiger partial charge in [0.15, 0.2) is 5.75 Å². The van der Waals surface area contributed by atoms with Gasteiger partial charge in [-0.15, -0.1) is 0 Å². The minimum absolute atomic E-state index is 0.504. The summed E-state index contributed by atoms with van der Waals surface area (Å²) < 4.78 is 12.0. The zero-order chi connectivity index (χ0) is 15.4. The van der Waals surface area contributed by atoms with Gasteiger partial charge >= 0.3 is 0 Å². The van der Waals surface area contributed by atoms with Crippen molar-refractivity contribution in [2.75, 3.05) is 6.61 Å². The van der Waals surface area contributed by atoms with Gasteiger partial charge in [-0.05, 0) is 43.0 Å². The molecule has 0 bridgehead atoms. The molecule has 1 aromatic heterocycles. The third-order valence-corrected chi connectivity index (χ3v) is 6.32. The highest BCUT2D eigenvalue weighted by Crippen LogP contribution is 2.48. The Morgan fingerprint density at radius 3 is 2.55 bits per heavy atom. The summed E-state index contributed by atoms with van der Waals surface area (Å²) in [6.07, 6.45) is 1.75. The normalized spacial score (nSPS) is 13.7. The molecule has 112 valence electrons. The first kappa shape index (κ1) is 15.2. The van der Waals surface area contributed by atoms with Gasteiger partial charge in [0.2, 0.25) is 0 Å². The van der Waals surface area contributed by atoms with E-state index in [0.717, 1.165) is 16.2 Å². The Labute approximate surface area is 135 Å². The zero-order valence-electron chi connectivity index (χ0n) is 12.2. The summed E-state index contributed by atoms with van der Waals surface area (Å²) in [5.74, 6) is 0.665. The maximum atomic E-state index is 6.18. The fourth-order valence-corrected chi connectivity index (χ4v) is 4.73. The van der Waals surface area contributed by atoms with Crippen molar-refractivity contribution in [2.24, 2.45) is 0 Å². The molecular formula is C17H16NO2PS. The van der Waals surface area contributed by atoms with Crippen LogP contribution < -0.4 is 9.83 Å². The molecule has 0 fully saturated rings. The molecule has 3 aromatic rings. The summed E-state index contributed by atoms with van der Waals surface area (Å²) in [6.45, 7) is -0.175. The SMILES string of the molecule is CCO[P@](=S)(Oc1cccc2cccnc12)c1ccccc1. The second-order valence-electron chi connectivity index (χ2n) is 4.67. The third-order valence-electron chi connectivity index (χ3n) is 3.19. The monoisotopic (exact) mass is 329 g/mol. The van der Waals surface area contributed by atoms with E-state index < -0.39 is 6.49 Å². The molecule has 0 aliphatic carbocycles. The van der Waals surface area contributed by atoms with Crippen molar-refractivity contribution in [1.29, 1.82) is 0 Å². The van der Waals surface area contributed by atoms with Crippen molar-refractivity contribution in [3.8, 4) is 5.75 Å². The van der Waals surface area contributed by atoms with Crippen LogP contribution in [0.15, 0.2) is 66.9 Å². The van der Waals surface area contributed by atoms with Crippen LogP contribution in [-0.2, 0) is 16.3 Å². The second kappa shape index (κ2) is 6.57. The summed E-state index contributed by atoms with van der Waals surface area (Å²) >= 11 is 5.75. The fourth-order valence-electron chi connectivity index (χ4n) is 2.21. The average Bonchev–Trinajstić information content (AvgIpc) is 2.56. The van der Waals surface area contributed by atoms with Crippen LogP contribution in [0, 0.1) is 0 Å². The quantitative estimate of drug-likeness (QED) is 0.654. The molecule has 5 heteroatoms. The highest BCUT2D eigenvalue weighted by molar-refractivity contribution is 8.13. The van der Waals surface area contributed by atoms with Crippen LogP contribution in [0.3, 0.4) is 0 Å². The van der Waals surface area contributed by atoms with Crippen molar-refractivity contribution < 1.29 is 9.05 Å². The van der Waals surface area contributed by atoms with Crippen molar-refractivity contribution in [2.45, 2.75) is 6.92 Å². The Bertz CT molecular complexity index is 818. The lowest BCUT2D eigenvalue weighted by atomic mass is 10.2. The molecule has 0 N–H and O–H groups in total. The summed E-state index contributed by atoms with van der Waals surface area (Å²) in [5, 5.41) is 1.92. The maximum Gasteiger partial charge on any atom is 0.269 e. The van der Waals surface area contributed by atoms with Gasteiger partial charge in [0.25, 0.3) is 6.49 Å². The van der Waals surface area contributed by atoms with Gasteiger partial charge < -0.3 is 9.05 Å². The van der Waals surface area contributed by atoms with Gasteiger partial charge in [-0.25, -0.2) is 0 Å². The molecule has 1 atom stereocenters. The maximum absolute atomic E-state index is 6.18. The van der Waals surface area contributed by atoms with Gasteiger partial charge in [-0.1, -0.05) is 36.4 Å². The van der Waals surface area contributed by atoms with Gasteiger partial charge in [-0.3, -0.25) is 4.98 Å². The molecule has 3 nitrogen and oxygen atoms in total. The Morgan fingerprint density at radius 1 is 1.00 bits per heavy atom. The molecule has 0 amide bonds. The van der Waals surface area contributed by atoms with Gasteiger partial charge in [0, 0.05) is 16.9 Å². The number of hydrogen-bond donors (Lipinski definition) is 0. The van der Waals surface area contributed by atoms with E-state index in [9.17, 15) is 0 Å². The number of hydrogen-bond acceptors (Lipinski definition) is 4. The molecule has 0 saturated heterocycles. The molecule has 22 heavy (non-hydrogen) atoms. The van der Waals surface area contributed by atoms with Crippen molar-refractivity contribution >= 4 is 34.5 Å². The van der Waals surface area contributed by atoms with Crippen molar-refractivity contribution in [3.05, 3.63) is 66.9 Å². The van der Waals surface area contributed by atoms with Crippen molar-refractivity contribution in [1.82, 2.24) is 4.98 Å². The van der Waals surface area contributed by atoms with Crippen LogP contribution in [0.5, 0.6) is 5.75 Å². The van der Waals surface area contributed by atoms with Crippen LogP contribution in [0.2, 0.25) is 0 Å². The fraction of sp³-hybridized carbons (Fsp3) is 0.118. The van der Waals surface area contributed by atoms with E-state index in [2.05, 4.69) is 4.98 Å². The third kappa shape index (κ3) is 3.05. The van der Waals surface area contributed by atoms with E-state index in [-0.39, 0.29) is 0 Å². The molecule has 0 radical (unpaired) electrons. The second-order valence-corrected chi connectivity index (χ2v) is 8.07. The summed E-state index contributed by atoms with van der Waals surface area (Å²) in [5.41, 5.74) is 0.801. The van der Waals surface area contributed by atoms with E-state index in [0.29, 0.717) is 12.4 Å². The Balaban J connectivity index is 2.06. The highest BCUT2D eigenvalue weighted by atomic mass is 32.5.